The zero-order valence-electron chi connectivity index (χ0n) is 8.30. The van der Waals surface area contributed by atoms with Crippen molar-refractivity contribution in [2.75, 3.05) is 12.8 Å². The molecule has 0 saturated carbocycles. The largest absolute Gasteiger partial charge is 0.465 e. The minimum absolute atomic E-state index is 0.0106. The number of nitrogens with one attached hydrogen (secondary N) is 1. The van der Waals surface area contributed by atoms with Crippen LogP contribution < -0.4 is 5.73 Å². The first kappa shape index (κ1) is 10.4. The topological polar surface area (TPSA) is 68.1 Å². The molecule has 0 aliphatic rings. The van der Waals surface area contributed by atoms with E-state index in [1.807, 2.05) is 0 Å². The fraction of sp³-hybridized carbons (Fsp3) is 0.100. The molecular weight excluding hydrogens is 218 g/mol. The Morgan fingerprint density at radius 2 is 2.00 bits per heavy atom. The number of H-pyrrole nitrogens is 1. The molecule has 0 amide bonds. The van der Waals surface area contributed by atoms with Crippen LogP contribution in [0, 0.1) is 11.6 Å². The Kier molecular flexibility index (Phi) is 2.26. The van der Waals surface area contributed by atoms with Gasteiger partial charge in [0.2, 0.25) is 0 Å². The fourth-order valence-electron chi connectivity index (χ4n) is 1.53. The number of benzene rings is 1. The van der Waals surface area contributed by atoms with Crippen molar-refractivity contribution in [1.29, 1.82) is 0 Å². The van der Waals surface area contributed by atoms with E-state index in [2.05, 4.69) is 9.72 Å². The predicted molar refractivity (Wildman–Crippen MR) is 54.0 cm³/mol. The summed E-state index contributed by atoms with van der Waals surface area (Å²) in [6.07, 6.45) is 0. The van der Waals surface area contributed by atoms with Crippen LogP contribution in [0.4, 0.5) is 14.6 Å². The molecule has 0 saturated heterocycles. The quantitative estimate of drug-likeness (QED) is 0.728. The summed E-state index contributed by atoms with van der Waals surface area (Å²) in [6, 6.07) is 1.84. The van der Waals surface area contributed by atoms with Gasteiger partial charge in [0.1, 0.15) is 11.4 Å². The number of fused-ring (bicyclic) bond motifs is 1. The zero-order chi connectivity index (χ0) is 11.9. The lowest BCUT2D eigenvalue weighted by molar-refractivity contribution is 0.0604. The highest BCUT2D eigenvalue weighted by Gasteiger charge is 2.19. The molecule has 2 aromatic rings. The van der Waals surface area contributed by atoms with Crippen molar-refractivity contribution in [3.63, 3.8) is 0 Å². The monoisotopic (exact) mass is 226 g/mol. The van der Waals surface area contributed by atoms with Crippen molar-refractivity contribution in [3.05, 3.63) is 29.3 Å². The van der Waals surface area contributed by atoms with Crippen molar-refractivity contribution < 1.29 is 18.3 Å². The van der Waals surface area contributed by atoms with Crippen LogP contribution in [-0.2, 0) is 4.74 Å². The number of nitrogens with two attached hydrogens (primary N) is 1. The summed E-state index contributed by atoms with van der Waals surface area (Å²) in [5.74, 6) is -2.73. The molecule has 0 fully saturated rings. The summed E-state index contributed by atoms with van der Waals surface area (Å²) in [7, 11) is 1.18. The Morgan fingerprint density at radius 3 is 2.62 bits per heavy atom. The number of carbonyl (C=O) groups is 1. The van der Waals surface area contributed by atoms with Gasteiger partial charge in [0, 0.05) is 11.5 Å². The second kappa shape index (κ2) is 3.48. The lowest BCUT2D eigenvalue weighted by Crippen LogP contribution is -2.03. The molecule has 0 radical (unpaired) electrons. The van der Waals surface area contributed by atoms with Crippen molar-refractivity contribution in [2.45, 2.75) is 0 Å². The van der Waals surface area contributed by atoms with E-state index in [1.54, 1.807) is 0 Å². The fourth-order valence-corrected chi connectivity index (χ4v) is 1.53. The Bertz CT molecular complexity index is 578. The third kappa shape index (κ3) is 1.39. The maximum absolute atomic E-state index is 13.0. The van der Waals surface area contributed by atoms with Crippen LogP contribution >= 0.6 is 0 Å². The number of ether oxygens (including phenoxy) is 1. The molecule has 0 aliphatic carbocycles. The van der Waals surface area contributed by atoms with E-state index in [4.69, 9.17) is 5.73 Å². The van der Waals surface area contributed by atoms with Crippen molar-refractivity contribution in [1.82, 2.24) is 4.98 Å². The lowest BCUT2D eigenvalue weighted by Gasteiger charge is -1.98. The van der Waals surface area contributed by atoms with Gasteiger partial charge in [-0.1, -0.05) is 0 Å². The Balaban J connectivity index is 2.79. The van der Waals surface area contributed by atoms with E-state index in [0.29, 0.717) is 0 Å². The number of hydrogen-bond acceptors (Lipinski definition) is 3. The van der Waals surface area contributed by atoms with Crippen molar-refractivity contribution in [2.24, 2.45) is 0 Å². The number of halogens is 2. The number of nitrogen functional groups attached to an aromatic ring is 1. The smallest absolute Gasteiger partial charge is 0.342 e. The van der Waals surface area contributed by atoms with E-state index in [0.717, 1.165) is 12.1 Å². The highest BCUT2D eigenvalue weighted by molar-refractivity contribution is 6.08. The molecule has 0 aliphatic heterocycles. The van der Waals surface area contributed by atoms with Crippen molar-refractivity contribution >= 4 is 22.7 Å². The molecule has 2 rings (SSSR count). The second-order valence-corrected chi connectivity index (χ2v) is 3.22. The number of methoxy groups -OCH3 is 1. The Hall–Kier alpha value is -2.11. The molecule has 4 nitrogen and oxygen atoms in total. The first-order chi connectivity index (χ1) is 7.54. The first-order valence-electron chi connectivity index (χ1n) is 4.39. The average Bonchev–Trinajstić information content (AvgIpc) is 2.54. The SMILES string of the molecule is COC(=O)c1c(N)[nH]c2cc(F)c(F)cc12. The van der Waals surface area contributed by atoms with E-state index < -0.39 is 17.6 Å². The summed E-state index contributed by atoms with van der Waals surface area (Å²) in [5.41, 5.74) is 5.79. The number of esters is 1. The first-order valence-corrected chi connectivity index (χ1v) is 4.39. The number of hydrogen-bond donors (Lipinski definition) is 2. The van der Waals surface area contributed by atoms with Gasteiger partial charge in [0.15, 0.2) is 11.6 Å². The molecule has 6 heteroatoms. The van der Waals surface area contributed by atoms with Crippen LogP contribution in [0.3, 0.4) is 0 Å². The van der Waals surface area contributed by atoms with Crippen LogP contribution in [0.25, 0.3) is 10.9 Å². The number of anilines is 1. The molecule has 1 aromatic carbocycles. The summed E-state index contributed by atoms with van der Waals surface area (Å²) in [6.45, 7) is 0. The van der Waals surface area contributed by atoms with Gasteiger partial charge in [-0.15, -0.1) is 0 Å². The van der Waals surface area contributed by atoms with Gasteiger partial charge in [-0.05, 0) is 6.07 Å². The van der Waals surface area contributed by atoms with Gasteiger partial charge >= 0.3 is 5.97 Å². The number of carbonyl (C=O) groups excluding carboxylic acids is 1. The van der Waals surface area contributed by atoms with Gasteiger partial charge in [0.25, 0.3) is 0 Å². The Morgan fingerprint density at radius 1 is 1.38 bits per heavy atom. The minimum atomic E-state index is -1.04. The third-order valence-corrected chi connectivity index (χ3v) is 2.26. The van der Waals surface area contributed by atoms with Gasteiger partial charge in [-0.2, -0.15) is 0 Å². The van der Waals surface area contributed by atoms with Gasteiger partial charge in [-0.25, -0.2) is 13.6 Å². The molecule has 0 spiro atoms. The Labute approximate surface area is 89.0 Å². The minimum Gasteiger partial charge on any atom is -0.465 e. The van der Waals surface area contributed by atoms with Gasteiger partial charge < -0.3 is 15.5 Å². The van der Waals surface area contributed by atoms with Crippen LogP contribution in [-0.4, -0.2) is 18.1 Å². The third-order valence-electron chi connectivity index (χ3n) is 2.26. The molecule has 16 heavy (non-hydrogen) atoms. The maximum Gasteiger partial charge on any atom is 0.342 e. The number of aromatic amines is 1. The molecule has 1 aromatic heterocycles. The molecule has 0 bridgehead atoms. The highest BCUT2D eigenvalue weighted by atomic mass is 19.2. The lowest BCUT2D eigenvalue weighted by atomic mass is 10.1. The van der Waals surface area contributed by atoms with E-state index in [1.165, 1.54) is 7.11 Å². The maximum atomic E-state index is 13.0. The standard InChI is InChI=1S/C10H8F2N2O2/c1-16-10(15)8-4-2-5(11)6(12)3-7(4)14-9(8)13/h2-3,14H,13H2,1H3. The zero-order valence-corrected chi connectivity index (χ0v) is 8.30. The van der Waals surface area contributed by atoms with E-state index >= 15 is 0 Å². The summed E-state index contributed by atoms with van der Waals surface area (Å²) >= 11 is 0. The normalized spacial score (nSPS) is 10.7. The van der Waals surface area contributed by atoms with E-state index in [-0.39, 0.29) is 22.3 Å². The van der Waals surface area contributed by atoms with Crippen LogP contribution in [0.5, 0.6) is 0 Å². The number of rotatable bonds is 1. The number of aromatic nitrogens is 1. The molecule has 0 unspecified atom stereocenters. The summed E-state index contributed by atoms with van der Waals surface area (Å²) in [5, 5.41) is 0.197. The predicted octanol–water partition coefficient (Wildman–Crippen LogP) is 1.81. The average molecular weight is 226 g/mol. The summed E-state index contributed by atoms with van der Waals surface area (Å²) in [4.78, 5) is 13.9. The van der Waals surface area contributed by atoms with Crippen molar-refractivity contribution in [3.8, 4) is 0 Å². The molecule has 3 N–H and O–H groups in total. The van der Waals surface area contributed by atoms with E-state index in [9.17, 15) is 13.6 Å². The molecular formula is C10H8F2N2O2. The molecule has 84 valence electrons. The van der Waals surface area contributed by atoms with Gasteiger partial charge in [-0.3, -0.25) is 0 Å². The van der Waals surface area contributed by atoms with Gasteiger partial charge in [0.05, 0.1) is 12.6 Å². The van der Waals surface area contributed by atoms with Crippen LogP contribution in [0.15, 0.2) is 12.1 Å². The highest BCUT2D eigenvalue weighted by Crippen LogP contribution is 2.26. The van der Waals surface area contributed by atoms with Crippen LogP contribution in [0.2, 0.25) is 0 Å². The van der Waals surface area contributed by atoms with Crippen LogP contribution in [0.1, 0.15) is 10.4 Å². The summed E-state index contributed by atoms with van der Waals surface area (Å²) < 4.78 is 30.4. The second-order valence-electron chi connectivity index (χ2n) is 3.22. The molecule has 0 atom stereocenters. The molecule has 1 heterocycles.